The van der Waals surface area contributed by atoms with Crippen LogP contribution in [0.4, 0.5) is 0 Å². The van der Waals surface area contributed by atoms with Gasteiger partial charge in [0.15, 0.2) is 0 Å². The zero-order valence-electron chi connectivity index (χ0n) is 8.73. The molecule has 0 aliphatic carbocycles. The summed E-state index contributed by atoms with van der Waals surface area (Å²) in [6, 6.07) is 0. The lowest BCUT2D eigenvalue weighted by Crippen LogP contribution is -2.17. The summed E-state index contributed by atoms with van der Waals surface area (Å²) >= 11 is 1.48. The van der Waals surface area contributed by atoms with E-state index in [2.05, 4.69) is 5.18 Å². The highest BCUT2D eigenvalue weighted by atomic mass is 32.2. The van der Waals surface area contributed by atoms with Gasteiger partial charge >= 0.3 is 5.97 Å². The molecule has 0 bridgehead atoms. The molecule has 15 heavy (non-hydrogen) atoms. The van der Waals surface area contributed by atoms with Gasteiger partial charge in [0.05, 0.1) is 12.8 Å². The van der Waals surface area contributed by atoms with Crippen LogP contribution in [0.25, 0.3) is 0 Å². The molecule has 0 spiro atoms. The lowest BCUT2D eigenvalue weighted by atomic mass is 10.1. The zero-order chi connectivity index (χ0) is 11.3. The number of esters is 1. The van der Waals surface area contributed by atoms with Gasteiger partial charge in [-0.3, -0.25) is 4.79 Å². The largest absolute Gasteiger partial charge is 0.465 e. The molecule has 0 N–H and O–H groups in total. The van der Waals surface area contributed by atoms with Crippen LogP contribution in [0.5, 0.6) is 0 Å². The Morgan fingerprint density at radius 1 is 1.73 bits per heavy atom. The third kappa shape index (κ3) is 3.20. The molecule has 0 saturated heterocycles. The number of ether oxygens (including phenoxy) is 1. The fourth-order valence-electron chi connectivity index (χ4n) is 1.35. The molecule has 4 nitrogen and oxygen atoms in total. The molecule has 0 aromatic heterocycles. The number of nitroso groups, excluding NO2 is 1. The van der Waals surface area contributed by atoms with Gasteiger partial charge in [-0.25, -0.2) is 0 Å². The van der Waals surface area contributed by atoms with Crippen molar-refractivity contribution in [3.63, 3.8) is 0 Å². The first-order valence-corrected chi connectivity index (χ1v) is 5.59. The molecule has 0 fully saturated rings. The van der Waals surface area contributed by atoms with Crippen LogP contribution >= 0.6 is 11.8 Å². The van der Waals surface area contributed by atoms with E-state index in [1.165, 1.54) is 18.0 Å². The average molecular weight is 227 g/mol. The number of hydrogen-bond donors (Lipinski definition) is 0. The second-order valence-corrected chi connectivity index (χ2v) is 4.48. The molecule has 82 valence electrons. The molecule has 0 aromatic rings. The summed E-state index contributed by atoms with van der Waals surface area (Å²) < 4.78 is 4.93. The lowest BCUT2D eigenvalue weighted by molar-refractivity contribution is -0.142. The minimum Gasteiger partial charge on any atom is -0.465 e. The summed E-state index contributed by atoms with van der Waals surface area (Å²) in [4.78, 5) is 22.4. The summed E-state index contributed by atoms with van der Waals surface area (Å²) in [5.74, 6) is -0.190. The fraction of sp³-hybridized carbons (Fsp3) is 0.500. The van der Waals surface area contributed by atoms with Crippen molar-refractivity contribution in [3.05, 3.63) is 27.7 Å². The normalized spacial score (nSPS) is 21.1. The first kappa shape index (κ1) is 12.0. The minimum atomic E-state index is -0.190. The predicted molar refractivity (Wildman–Crippen MR) is 60.3 cm³/mol. The van der Waals surface area contributed by atoms with Gasteiger partial charge in [-0.2, -0.15) is 0 Å². The predicted octanol–water partition coefficient (Wildman–Crippen LogP) is 2.61. The number of carbonyl (C=O) groups is 1. The second kappa shape index (κ2) is 5.70. The summed E-state index contributed by atoms with van der Waals surface area (Å²) in [6.45, 7) is 4.11. The molecule has 1 rings (SSSR count). The maximum Gasteiger partial charge on any atom is 0.319 e. The molecule has 5 heteroatoms. The van der Waals surface area contributed by atoms with Gasteiger partial charge in [-0.05, 0) is 42.0 Å². The topological polar surface area (TPSA) is 55.7 Å². The maximum atomic E-state index is 11.4. The standard InChI is InChI=1S/C10H13NO3S/c1-3-14-10(12)9-6-8(4-5-11-13)7(2)15-9/h4-5,9H,3,6H2,1-2H3/b5-4-. The molecule has 1 atom stereocenters. The first-order valence-electron chi connectivity index (χ1n) is 4.71. The van der Waals surface area contributed by atoms with Crippen LogP contribution in [0.2, 0.25) is 0 Å². The smallest absolute Gasteiger partial charge is 0.319 e. The number of allylic oxidation sites excluding steroid dienone is 3. The van der Waals surface area contributed by atoms with E-state index in [0.717, 1.165) is 10.5 Å². The Kier molecular flexibility index (Phi) is 4.55. The van der Waals surface area contributed by atoms with E-state index in [-0.39, 0.29) is 11.2 Å². The molecule has 0 radical (unpaired) electrons. The van der Waals surface area contributed by atoms with Gasteiger partial charge < -0.3 is 4.74 Å². The minimum absolute atomic E-state index is 0.170. The Bertz CT molecular complexity index is 323. The van der Waals surface area contributed by atoms with Gasteiger partial charge in [0.1, 0.15) is 5.25 Å². The van der Waals surface area contributed by atoms with Crippen molar-refractivity contribution in [2.75, 3.05) is 6.61 Å². The van der Waals surface area contributed by atoms with Crippen LogP contribution in [0, 0.1) is 4.91 Å². The van der Waals surface area contributed by atoms with Gasteiger partial charge in [0.2, 0.25) is 0 Å². The third-order valence-corrected chi connectivity index (χ3v) is 3.32. The quantitative estimate of drug-likeness (QED) is 0.547. The molecule has 1 unspecified atom stereocenters. The monoisotopic (exact) mass is 227 g/mol. The molecule has 1 heterocycles. The Morgan fingerprint density at radius 2 is 2.47 bits per heavy atom. The molecule has 0 saturated carbocycles. The van der Waals surface area contributed by atoms with Crippen LogP contribution < -0.4 is 0 Å². The van der Waals surface area contributed by atoms with E-state index in [9.17, 15) is 9.70 Å². The van der Waals surface area contributed by atoms with Crippen molar-refractivity contribution in [1.82, 2.24) is 0 Å². The van der Waals surface area contributed by atoms with Crippen molar-refractivity contribution in [2.45, 2.75) is 25.5 Å². The van der Waals surface area contributed by atoms with Gasteiger partial charge in [0, 0.05) is 0 Å². The first-order chi connectivity index (χ1) is 7.19. The van der Waals surface area contributed by atoms with E-state index in [1.807, 2.05) is 6.92 Å². The van der Waals surface area contributed by atoms with E-state index in [0.29, 0.717) is 13.0 Å². The zero-order valence-corrected chi connectivity index (χ0v) is 9.54. The number of hydrogen-bond acceptors (Lipinski definition) is 5. The highest BCUT2D eigenvalue weighted by molar-refractivity contribution is 8.04. The Labute approximate surface area is 92.7 Å². The van der Waals surface area contributed by atoms with Crippen molar-refractivity contribution >= 4 is 17.7 Å². The Balaban J connectivity index is 2.58. The van der Waals surface area contributed by atoms with Crippen LogP contribution in [-0.4, -0.2) is 17.8 Å². The van der Waals surface area contributed by atoms with Crippen LogP contribution in [0.3, 0.4) is 0 Å². The number of rotatable bonds is 4. The number of nitrogens with zero attached hydrogens (tertiary/aromatic N) is 1. The number of carbonyl (C=O) groups excluding carboxylic acids is 1. The average Bonchev–Trinajstić information content (AvgIpc) is 2.57. The highest BCUT2D eigenvalue weighted by Crippen LogP contribution is 2.38. The highest BCUT2D eigenvalue weighted by Gasteiger charge is 2.28. The van der Waals surface area contributed by atoms with E-state index in [1.54, 1.807) is 13.0 Å². The SMILES string of the molecule is CCOC(=O)C1CC(/C=C\N=O)=C(C)S1. The third-order valence-electron chi connectivity index (χ3n) is 2.06. The van der Waals surface area contributed by atoms with E-state index in [4.69, 9.17) is 4.74 Å². The van der Waals surface area contributed by atoms with Crippen molar-refractivity contribution in [1.29, 1.82) is 0 Å². The van der Waals surface area contributed by atoms with Crippen molar-refractivity contribution < 1.29 is 9.53 Å². The van der Waals surface area contributed by atoms with Crippen LogP contribution in [-0.2, 0) is 9.53 Å². The van der Waals surface area contributed by atoms with Gasteiger partial charge in [0.25, 0.3) is 0 Å². The summed E-state index contributed by atoms with van der Waals surface area (Å²) in [6.07, 6.45) is 3.46. The summed E-state index contributed by atoms with van der Waals surface area (Å²) in [7, 11) is 0. The Morgan fingerprint density at radius 3 is 3.07 bits per heavy atom. The molecular weight excluding hydrogens is 214 g/mol. The maximum absolute atomic E-state index is 11.4. The summed E-state index contributed by atoms with van der Waals surface area (Å²) in [5.41, 5.74) is 0.984. The fourth-order valence-corrected chi connectivity index (χ4v) is 2.50. The summed E-state index contributed by atoms with van der Waals surface area (Å²) in [5, 5.41) is 2.48. The van der Waals surface area contributed by atoms with Gasteiger partial charge in [-0.15, -0.1) is 16.7 Å². The van der Waals surface area contributed by atoms with E-state index >= 15 is 0 Å². The molecule has 1 aliphatic rings. The second-order valence-electron chi connectivity index (χ2n) is 3.07. The Hall–Kier alpha value is -1.10. The van der Waals surface area contributed by atoms with Crippen molar-refractivity contribution in [2.24, 2.45) is 5.18 Å². The lowest BCUT2D eigenvalue weighted by Gasteiger charge is -2.07. The molecule has 0 amide bonds. The van der Waals surface area contributed by atoms with Crippen LogP contribution in [0.15, 0.2) is 27.9 Å². The van der Waals surface area contributed by atoms with Gasteiger partial charge in [-0.1, -0.05) is 0 Å². The molecular formula is C10H13NO3S. The van der Waals surface area contributed by atoms with E-state index < -0.39 is 0 Å². The van der Waals surface area contributed by atoms with Crippen molar-refractivity contribution in [3.8, 4) is 0 Å². The molecule has 0 aromatic carbocycles. The molecule has 1 aliphatic heterocycles. The van der Waals surface area contributed by atoms with Crippen LogP contribution in [0.1, 0.15) is 20.3 Å². The number of thioether (sulfide) groups is 1.